The van der Waals surface area contributed by atoms with Crippen molar-refractivity contribution < 1.29 is 0 Å². The van der Waals surface area contributed by atoms with Crippen LogP contribution in [-0.4, -0.2) is 4.57 Å². The van der Waals surface area contributed by atoms with Gasteiger partial charge in [0, 0.05) is 16.5 Å². The summed E-state index contributed by atoms with van der Waals surface area (Å²) in [6.07, 6.45) is 9.11. The highest BCUT2D eigenvalue weighted by Crippen LogP contribution is 2.44. The zero-order valence-corrected chi connectivity index (χ0v) is 24.9. The van der Waals surface area contributed by atoms with Crippen molar-refractivity contribution in [2.45, 2.75) is 12.8 Å². The number of para-hydroxylation sites is 1. The molecular weight excluding hydrogens is 542 g/mol. The zero-order chi connectivity index (χ0) is 29.7. The average Bonchev–Trinajstić information content (AvgIpc) is 3.45. The summed E-state index contributed by atoms with van der Waals surface area (Å²) < 4.78 is 2.42. The van der Waals surface area contributed by atoms with E-state index < -0.39 is 0 Å². The highest BCUT2D eigenvalue weighted by atomic mass is 15.0. The van der Waals surface area contributed by atoms with Crippen molar-refractivity contribution in [3.8, 4) is 33.4 Å². The van der Waals surface area contributed by atoms with Gasteiger partial charge in [-0.2, -0.15) is 0 Å². The molecule has 1 aliphatic rings. The maximum absolute atomic E-state index is 2.42. The third-order valence-electron chi connectivity index (χ3n) is 9.41. The smallest absolute Gasteiger partial charge is 0.0541 e. The van der Waals surface area contributed by atoms with E-state index in [2.05, 4.69) is 168 Å². The van der Waals surface area contributed by atoms with Crippen LogP contribution < -0.4 is 0 Å². The van der Waals surface area contributed by atoms with Gasteiger partial charge in [0.2, 0.25) is 0 Å². The molecule has 0 fully saturated rings. The van der Waals surface area contributed by atoms with Crippen LogP contribution in [0, 0.1) is 0 Å². The van der Waals surface area contributed by atoms with Crippen molar-refractivity contribution in [3.05, 3.63) is 164 Å². The van der Waals surface area contributed by atoms with Crippen molar-refractivity contribution in [1.29, 1.82) is 0 Å². The highest BCUT2D eigenvalue weighted by Gasteiger charge is 2.17. The number of hydrogen-bond donors (Lipinski definition) is 0. The summed E-state index contributed by atoms with van der Waals surface area (Å²) in [5, 5.41) is 7.71. The first-order valence-electron chi connectivity index (χ1n) is 15.9. The third-order valence-corrected chi connectivity index (χ3v) is 9.41. The molecule has 1 aromatic heterocycles. The lowest BCUT2D eigenvalue weighted by Gasteiger charge is -2.18. The van der Waals surface area contributed by atoms with Gasteiger partial charge in [-0.3, -0.25) is 0 Å². The predicted octanol–water partition coefficient (Wildman–Crippen LogP) is 12.3. The topological polar surface area (TPSA) is 4.93 Å². The fourth-order valence-electron chi connectivity index (χ4n) is 7.38. The van der Waals surface area contributed by atoms with Gasteiger partial charge in [-0.1, -0.05) is 140 Å². The van der Waals surface area contributed by atoms with Crippen LogP contribution in [0.5, 0.6) is 0 Å². The molecule has 0 amide bonds. The van der Waals surface area contributed by atoms with Gasteiger partial charge >= 0.3 is 0 Å². The zero-order valence-electron chi connectivity index (χ0n) is 24.9. The van der Waals surface area contributed by atoms with Gasteiger partial charge in [0.05, 0.1) is 11.0 Å². The molecule has 45 heavy (non-hydrogen) atoms. The van der Waals surface area contributed by atoms with E-state index in [1.165, 1.54) is 82.4 Å². The lowest BCUT2D eigenvalue weighted by Crippen LogP contribution is -1.96. The van der Waals surface area contributed by atoms with E-state index in [0.29, 0.717) is 0 Å². The highest BCUT2D eigenvalue weighted by molar-refractivity contribution is 6.21. The minimum absolute atomic E-state index is 1.09. The molecule has 212 valence electrons. The lowest BCUT2D eigenvalue weighted by atomic mass is 9.86. The molecule has 0 unspecified atom stereocenters. The van der Waals surface area contributed by atoms with Crippen LogP contribution in [0.4, 0.5) is 0 Å². The molecule has 8 aromatic rings. The predicted molar refractivity (Wildman–Crippen MR) is 193 cm³/mol. The molecular formula is C44H31N. The SMILES string of the molecule is C1=CC(n2c3ccccc3c3cc(-c4ccc(-c5c6ccccc6c(-c6ccccc6)c6ccccc56)cc4)ccc32)=CCC1. The number of nitrogens with zero attached hydrogens (tertiary/aromatic N) is 1. The Balaban J connectivity index is 1.20. The summed E-state index contributed by atoms with van der Waals surface area (Å²) in [5.74, 6) is 0. The molecule has 0 spiro atoms. The van der Waals surface area contributed by atoms with Crippen LogP contribution in [0.1, 0.15) is 12.8 Å². The first-order valence-corrected chi connectivity index (χ1v) is 15.9. The molecule has 0 bridgehead atoms. The normalized spacial score (nSPS) is 13.2. The number of allylic oxidation sites excluding steroid dienone is 4. The molecule has 7 aromatic carbocycles. The quantitative estimate of drug-likeness (QED) is 0.185. The van der Waals surface area contributed by atoms with Gasteiger partial charge in [0.25, 0.3) is 0 Å². The van der Waals surface area contributed by atoms with E-state index in [4.69, 9.17) is 0 Å². The summed E-state index contributed by atoms with van der Waals surface area (Å²) in [5.41, 5.74) is 11.3. The van der Waals surface area contributed by atoms with E-state index in [9.17, 15) is 0 Å². The van der Waals surface area contributed by atoms with E-state index >= 15 is 0 Å². The Hall–Kier alpha value is -5.66. The van der Waals surface area contributed by atoms with Crippen LogP contribution in [0.15, 0.2) is 164 Å². The third kappa shape index (κ3) is 4.16. The second-order valence-electron chi connectivity index (χ2n) is 12.0. The summed E-state index contributed by atoms with van der Waals surface area (Å²) >= 11 is 0. The summed E-state index contributed by atoms with van der Waals surface area (Å²) in [6, 6.07) is 53.4. The first kappa shape index (κ1) is 25.8. The van der Waals surface area contributed by atoms with Crippen molar-refractivity contribution in [3.63, 3.8) is 0 Å². The van der Waals surface area contributed by atoms with Crippen LogP contribution in [0.3, 0.4) is 0 Å². The van der Waals surface area contributed by atoms with Gasteiger partial charge in [-0.25, -0.2) is 0 Å². The Bertz CT molecular complexity index is 2400. The van der Waals surface area contributed by atoms with Crippen LogP contribution in [-0.2, 0) is 0 Å². The van der Waals surface area contributed by atoms with E-state index in [-0.39, 0.29) is 0 Å². The molecule has 1 nitrogen and oxygen atoms in total. The number of benzene rings is 7. The molecule has 1 heteroatoms. The molecule has 0 radical (unpaired) electrons. The number of hydrogen-bond acceptors (Lipinski definition) is 0. The van der Waals surface area contributed by atoms with Crippen LogP contribution >= 0.6 is 0 Å². The minimum atomic E-state index is 1.09. The maximum Gasteiger partial charge on any atom is 0.0541 e. The molecule has 0 atom stereocenters. The molecule has 0 aliphatic heterocycles. The molecule has 1 heterocycles. The number of aromatic nitrogens is 1. The van der Waals surface area contributed by atoms with Crippen molar-refractivity contribution in [1.82, 2.24) is 4.57 Å². The Labute approximate surface area is 263 Å². The second kappa shape index (κ2) is 10.5. The van der Waals surface area contributed by atoms with Crippen LogP contribution in [0.2, 0.25) is 0 Å². The van der Waals surface area contributed by atoms with Gasteiger partial charge in [-0.05, 0) is 92.0 Å². The Kier molecular flexibility index (Phi) is 6.02. The summed E-state index contributed by atoms with van der Waals surface area (Å²) in [7, 11) is 0. The van der Waals surface area contributed by atoms with E-state index in [1.54, 1.807) is 0 Å². The standard InChI is InChI=1S/C44H31N/c1-3-13-31(14-4-1)43-36-18-7-9-20-38(36)44(39-21-10-8-19-37(39)43)32-25-23-30(24-26-32)33-27-28-42-40(29-33)35-17-11-12-22-41(35)45(42)34-15-5-2-6-16-34/h1,3-5,7-29H,2,6H2. The van der Waals surface area contributed by atoms with Gasteiger partial charge in [-0.15, -0.1) is 0 Å². The number of fused-ring (bicyclic) bond motifs is 5. The largest absolute Gasteiger partial charge is 0.310 e. The van der Waals surface area contributed by atoms with E-state index in [1.807, 2.05) is 0 Å². The van der Waals surface area contributed by atoms with Gasteiger partial charge < -0.3 is 4.57 Å². The molecule has 9 rings (SSSR count). The summed E-state index contributed by atoms with van der Waals surface area (Å²) in [6.45, 7) is 0. The maximum atomic E-state index is 2.42. The Morgan fingerprint density at radius 2 is 0.889 bits per heavy atom. The number of rotatable bonds is 4. The van der Waals surface area contributed by atoms with Crippen LogP contribution in [0.25, 0.3) is 82.4 Å². The Morgan fingerprint density at radius 1 is 0.378 bits per heavy atom. The second-order valence-corrected chi connectivity index (χ2v) is 12.0. The van der Waals surface area contributed by atoms with Crippen molar-refractivity contribution >= 4 is 49.0 Å². The first-order chi connectivity index (χ1) is 22.3. The minimum Gasteiger partial charge on any atom is -0.310 e. The molecule has 0 saturated heterocycles. The average molecular weight is 574 g/mol. The molecule has 0 saturated carbocycles. The van der Waals surface area contributed by atoms with Crippen molar-refractivity contribution in [2.75, 3.05) is 0 Å². The monoisotopic (exact) mass is 573 g/mol. The van der Waals surface area contributed by atoms with Gasteiger partial charge in [0.1, 0.15) is 0 Å². The van der Waals surface area contributed by atoms with Gasteiger partial charge in [0.15, 0.2) is 0 Å². The fraction of sp³-hybridized carbons (Fsp3) is 0.0455. The van der Waals surface area contributed by atoms with Crippen molar-refractivity contribution in [2.24, 2.45) is 0 Å². The van der Waals surface area contributed by atoms with E-state index in [0.717, 1.165) is 12.8 Å². The lowest BCUT2D eigenvalue weighted by molar-refractivity contribution is 1.02. The fourth-order valence-corrected chi connectivity index (χ4v) is 7.38. The summed E-state index contributed by atoms with van der Waals surface area (Å²) in [4.78, 5) is 0. The molecule has 0 N–H and O–H groups in total. The Morgan fingerprint density at radius 3 is 1.51 bits per heavy atom. The molecule has 1 aliphatic carbocycles.